The first-order valence-corrected chi connectivity index (χ1v) is 5.95. The summed E-state index contributed by atoms with van der Waals surface area (Å²) in [6.45, 7) is 7.72. The monoisotopic (exact) mass is 315 g/mol. The molecule has 0 saturated heterocycles. The van der Waals surface area contributed by atoms with E-state index in [-0.39, 0.29) is 0 Å². The van der Waals surface area contributed by atoms with E-state index in [4.69, 9.17) is 5.11 Å². The molecular formula is C10H22INO2. The lowest BCUT2D eigenvalue weighted by atomic mass is 10.1. The molecule has 86 valence electrons. The molecule has 0 spiro atoms. The van der Waals surface area contributed by atoms with Crippen LogP contribution in [-0.2, 0) is 4.79 Å². The van der Waals surface area contributed by atoms with Gasteiger partial charge in [-0.15, -0.1) is 0 Å². The van der Waals surface area contributed by atoms with E-state index in [9.17, 15) is 4.79 Å². The molecule has 0 saturated carbocycles. The van der Waals surface area contributed by atoms with Crippen LogP contribution >= 0.6 is 22.6 Å². The number of hydrogen-bond acceptors (Lipinski definition) is 2. The van der Waals surface area contributed by atoms with E-state index >= 15 is 0 Å². The van der Waals surface area contributed by atoms with E-state index in [0.29, 0.717) is 0 Å². The van der Waals surface area contributed by atoms with Gasteiger partial charge in [0.05, 0.1) is 0 Å². The summed E-state index contributed by atoms with van der Waals surface area (Å²) < 4.78 is 0.854. The molecule has 4 heteroatoms. The minimum Gasteiger partial charge on any atom is -0.480 e. The number of likely N-dealkylation sites (N-methyl/N-ethyl adjacent to an activating group) is 1. The average Bonchev–Trinajstić information content (AvgIpc) is 2.04. The average molecular weight is 315 g/mol. The molecule has 0 aliphatic rings. The maximum absolute atomic E-state index is 10.4. The van der Waals surface area contributed by atoms with Gasteiger partial charge in [0.25, 0.3) is 0 Å². The van der Waals surface area contributed by atoms with E-state index in [1.54, 1.807) is 32.8 Å². The van der Waals surface area contributed by atoms with Crippen LogP contribution in [-0.4, -0.2) is 39.5 Å². The number of rotatable bonds is 3. The lowest BCUT2D eigenvalue weighted by Gasteiger charge is -2.27. The predicted molar refractivity (Wildman–Crippen MR) is 69.2 cm³/mol. The van der Waals surface area contributed by atoms with Crippen LogP contribution in [0.3, 0.4) is 0 Å². The molecule has 0 aromatic carbocycles. The van der Waals surface area contributed by atoms with Crippen molar-refractivity contribution in [2.24, 2.45) is 0 Å². The van der Waals surface area contributed by atoms with Crippen LogP contribution < -0.4 is 0 Å². The Labute approximate surface area is 101 Å². The fourth-order valence-corrected chi connectivity index (χ4v) is 0.191. The Hall–Kier alpha value is 0.160. The van der Waals surface area contributed by atoms with E-state index in [1.807, 2.05) is 0 Å². The molecule has 0 aromatic heterocycles. The van der Waals surface area contributed by atoms with Gasteiger partial charge in [0.2, 0.25) is 0 Å². The van der Waals surface area contributed by atoms with E-state index in [2.05, 4.69) is 36.4 Å². The number of aliphatic carboxylic acids is 1. The van der Waals surface area contributed by atoms with Crippen molar-refractivity contribution in [1.29, 1.82) is 0 Å². The van der Waals surface area contributed by atoms with E-state index in [0.717, 1.165) is 3.92 Å². The van der Waals surface area contributed by atoms with Gasteiger partial charge in [-0.25, -0.2) is 0 Å². The summed E-state index contributed by atoms with van der Waals surface area (Å²) in [5.41, 5.74) is -0.750. The molecule has 0 aromatic rings. The smallest absolute Gasteiger partial charge is 0.323 e. The summed E-state index contributed by atoms with van der Waals surface area (Å²) in [6, 6.07) is 0. The Morgan fingerprint density at radius 1 is 1.50 bits per heavy atom. The topological polar surface area (TPSA) is 40.5 Å². The van der Waals surface area contributed by atoms with Crippen LogP contribution in [0, 0.1) is 0 Å². The Morgan fingerprint density at radius 3 is 1.79 bits per heavy atom. The summed E-state index contributed by atoms with van der Waals surface area (Å²) in [7, 11) is 3.49. The zero-order chi connectivity index (χ0) is 11.9. The van der Waals surface area contributed by atoms with Crippen LogP contribution in [0.5, 0.6) is 0 Å². The maximum atomic E-state index is 10.4. The third kappa shape index (κ3) is 7.55. The Kier molecular flexibility index (Phi) is 8.83. The van der Waals surface area contributed by atoms with Crippen LogP contribution in [0.4, 0.5) is 0 Å². The lowest BCUT2D eigenvalue weighted by molar-refractivity contribution is -0.147. The zero-order valence-electron chi connectivity index (χ0n) is 9.97. The summed E-state index contributed by atoms with van der Waals surface area (Å²) in [5, 5.41) is 8.57. The molecule has 0 amide bonds. The molecule has 0 aliphatic carbocycles. The Bertz CT molecular complexity index is 168. The molecule has 14 heavy (non-hydrogen) atoms. The van der Waals surface area contributed by atoms with Gasteiger partial charge in [0.1, 0.15) is 5.54 Å². The highest BCUT2D eigenvalue weighted by atomic mass is 127. The second-order valence-electron chi connectivity index (χ2n) is 3.95. The summed E-state index contributed by atoms with van der Waals surface area (Å²) in [6.07, 6.45) is 1.29. The van der Waals surface area contributed by atoms with Crippen LogP contribution in [0.2, 0.25) is 0 Å². The molecule has 0 aliphatic heterocycles. The van der Waals surface area contributed by atoms with Gasteiger partial charge in [0, 0.05) is 3.92 Å². The fraction of sp³-hybridized carbons (Fsp3) is 0.900. The highest BCUT2D eigenvalue weighted by molar-refractivity contribution is 14.1. The number of carbonyl (C=O) groups is 1. The van der Waals surface area contributed by atoms with Crippen molar-refractivity contribution < 1.29 is 9.90 Å². The standard InChI is InChI=1S/C6H13NO2.C4H9I/c1-6(2,5(8)9)7(3)4;1-3-4(2)5/h1-4H3,(H,8,9);4H,3H2,1-2H3. The van der Waals surface area contributed by atoms with E-state index in [1.165, 1.54) is 6.42 Å². The number of nitrogens with zero attached hydrogens (tertiary/aromatic N) is 1. The normalized spacial score (nSPS) is 13.1. The summed E-state index contributed by atoms with van der Waals surface area (Å²) in [4.78, 5) is 12.1. The van der Waals surface area contributed by atoms with Crippen molar-refractivity contribution in [3.05, 3.63) is 0 Å². The molecular weight excluding hydrogens is 293 g/mol. The molecule has 1 unspecified atom stereocenters. The SMILES string of the molecule is CCC(C)I.CN(C)C(C)(C)C(=O)O. The molecule has 3 nitrogen and oxygen atoms in total. The summed E-state index contributed by atoms with van der Waals surface area (Å²) >= 11 is 2.41. The number of halogens is 1. The Balaban J connectivity index is 0. The van der Waals surface area contributed by atoms with Gasteiger partial charge < -0.3 is 5.11 Å². The highest BCUT2D eigenvalue weighted by Crippen LogP contribution is 2.08. The van der Waals surface area contributed by atoms with Crippen LogP contribution in [0.1, 0.15) is 34.1 Å². The second-order valence-corrected chi connectivity index (χ2v) is 6.07. The van der Waals surface area contributed by atoms with Crippen molar-refractivity contribution in [2.75, 3.05) is 14.1 Å². The highest BCUT2D eigenvalue weighted by Gasteiger charge is 2.28. The number of hydrogen-bond donors (Lipinski definition) is 1. The van der Waals surface area contributed by atoms with Gasteiger partial charge in [0.15, 0.2) is 0 Å². The van der Waals surface area contributed by atoms with Gasteiger partial charge in [-0.1, -0.05) is 36.4 Å². The molecule has 0 radical (unpaired) electrons. The molecule has 0 fully saturated rings. The molecule has 1 atom stereocenters. The maximum Gasteiger partial charge on any atom is 0.323 e. The third-order valence-electron chi connectivity index (χ3n) is 2.20. The van der Waals surface area contributed by atoms with Crippen molar-refractivity contribution in [3.8, 4) is 0 Å². The van der Waals surface area contributed by atoms with Gasteiger partial charge in [-0.2, -0.15) is 0 Å². The third-order valence-corrected chi connectivity index (χ3v) is 3.08. The van der Waals surface area contributed by atoms with Crippen molar-refractivity contribution in [2.45, 2.75) is 43.6 Å². The minimum atomic E-state index is -0.799. The van der Waals surface area contributed by atoms with Crippen molar-refractivity contribution in [1.82, 2.24) is 4.90 Å². The predicted octanol–water partition coefficient (Wildman–Crippen LogP) is 2.63. The second kappa shape index (κ2) is 7.45. The molecule has 0 rings (SSSR count). The molecule has 0 heterocycles. The zero-order valence-corrected chi connectivity index (χ0v) is 12.1. The molecule has 1 N–H and O–H groups in total. The van der Waals surface area contributed by atoms with Gasteiger partial charge >= 0.3 is 5.97 Å². The van der Waals surface area contributed by atoms with Gasteiger partial charge in [-0.05, 0) is 34.4 Å². The number of alkyl halides is 1. The van der Waals surface area contributed by atoms with E-state index < -0.39 is 11.5 Å². The van der Waals surface area contributed by atoms with Crippen molar-refractivity contribution in [3.63, 3.8) is 0 Å². The van der Waals surface area contributed by atoms with Gasteiger partial charge in [-0.3, -0.25) is 9.69 Å². The number of carboxylic acid groups (broad SMARTS) is 1. The quantitative estimate of drug-likeness (QED) is 0.643. The first-order valence-electron chi connectivity index (χ1n) is 4.71. The first-order chi connectivity index (χ1) is 6.16. The summed E-state index contributed by atoms with van der Waals surface area (Å²) in [5.74, 6) is -0.799. The van der Waals surface area contributed by atoms with Crippen LogP contribution in [0.15, 0.2) is 0 Å². The van der Waals surface area contributed by atoms with Crippen LogP contribution in [0.25, 0.3) is 0 Å². The first kappa shape index (κ1) is 16.6. The fourth-order valence-electron chi connectivity index (χ4n) is 0.191. The Morgan fingerprint density at radius 2 is 1.79 bits per heavy atom. The lowest BCUT2D eigenvalue weighted by Crippen LogP contribution is -2.45. The minimum absolute atomic E-state index is 0.750. The largest absolute Gasteiger partial charge is 0.480 e. The number of carboxylic acids is 1. The van der Waals surface area contributed by atoms with Crippen molar-refractivity contribution >= 4 is 28.6 Å². The molecule has 0 bridgehead atoms.